The van der Waals surface area contributed by atoms with Crippen molar-refractivity contribution in [3.05, 3.63) is 64.1 Å². The number of sulfonamides is 1. The first-order chi connectivity index (χ1) is 15.6. The Morgan fingerprint density at radius 1 is 1.06 bits per heavy atom. The summed E-state index contributed by atoms with van der Waals surface area (Å²) in [6.45, 7) is 6.26. The van der Waals surface area contributed by atoms with Crippen molar-refractivity contribution < 1.29 is 26.8 Å². The Labute approximate surface area is 207 Å². The van der Waals surface area contributed by atoms with Crippen LogP contribution in [0.15, 0.2) is 46.9 Å². The molecule has 0 saturated heterocycles. The van der Waals surface area contributed by atoms with Crippen LogP contribution in [0.2, 0.25) is 0 Å². The minimum Gasteiger partial charge on any atom is -0.350 e. The summed E-state index contributed by atoms with van der Waals surface area (Å²) in [5.41, 5.74) is -0.0434. The van der Waals surface area contributed by atoms with Gasteiger partial charge in [0, 0.05) is 22.6 Å². The van der Waals surface area contributed by atoms with Crippen LogP contribution in [0.3, 0.4) is 0 Å². The molecule has 0 aliphatic carbocycles. The third-order valence-electron chi connectivity index (χ3n) is 4.80. The van der Waals surface area contributed by atoms with E-state index in [1.807, 2.05) is 0 Å². The zero-order chi connectivity index (χ0) is 25.8. The fourth-order valence-electron chi connectivity index (χ4n) is 3.10. The molecule has 0 aliphatic heterocycles. The van der Waals surface area contributed by atoms with Crippen molar-refractivity contribution in [3.63, 3.8) is 0 Å². The highest BCUT2D eigenvalue weighted by Gasteiger charge is 2.31. The molecule has 11 heteroatoms. The van der Waals surface area contributed by atoms with Crippen molar-refractivity contribution >= 4 is 43.5 Å². The molecule has 7 nitrogen and oxygen atoms in total. The van der Waals surface area contributed by atoms with E-state index in [4.69, 9.17) is 0 Å². The van der Waals surface area contributed by atoms with Crippen molar-refractivity contribution in [1.29, 1.82) is 0 Å². The number of nitrogens with one attached hydrogen (secondary N) is 1. The summed E-state index contributed by atoms with van der Waals surface area (Å²) in [5.74, 6) is -3.50. The molecule has 0 spiro atoms. The maximum absolute atomic E-state index is 13.8. The van der Waals surface area contributed by atoms with Gasteiger partial charge in [0.15, 0.2) is 11.6 Å². The standard InChI is InChI=1S/C23H28BrF2N3O4S/c1-15(22(31)27-23(2,3)4)28(13-16-6-8-17(24)9-7-16)21(30)14-29(34(5,32)33)18-10-11-19(25)20(26)12-18/h6-12,15H,13-14H2,1-5H3,(H,27,31)/t15-/m0/s1. The van der Waals surface area contributed by atoms with E-state index in [1.54, 1.807) is 52.0 Å². The average Bonchev–Trinajstić information content (AvgIpc) is 2.71. The third kappa shape index (κ3) is 7.76. The monoisotopic (exact) mass is 559 g/mol. The van der Waals surface area contributed by atoms with Crippen molar-refractivity contribution in [2.24, 2.45) is 0 Å². The Kier molecular flexibility index (Phi) is 8.81. The maximum Gasteiger partial charge on any atom is 0.244 e. The quantitative estimate of drug-likeness (QED) is 0.532. The maximum atomic E-state index is 13.8. The molecule has 2 aromatic carbocycles. The van der Waals surface area contributed by atoms with E-state index in [-0.39, 0.29) is 12.2 Å². The third-order valence-corrected chi connectivity index (χ3v) is 6.47. The summed E-state index contributed by atoms with van der Waals surface area (Å²) in [6, 6.07) is 8.71. The van der Waals surface area contributed by atoms with Crippen molar-refractivity contribution in [1.82, 2.24) is 10.2 Å². The normalized spacial score (nSPS) is 12.7. The Morgan fingerprint density at radius 3 is 2.15 bits per heavy atom. The highest BCUT2D eigenvalue weighted by Crippen LogP contribution is 2.22. The van der Waals surface area contributed by atoms with Gasteiger partial charge in [0.25, 0.3) is 0 Å². The first-order valence-corrected chi connectivity index (χ1v) is 13.0. The molecule has 1 N–H and O–H groups in total. The Hall–Kier alpha value is -2.53. The Bertz CT molecular complexity index is 1150. The Morgan fingerprint density at radius 2 is 1.65 bits per heavy atom. The van der Waals surface area contributed by atoms with Gasteiger partial charge in [-0.05, 0) is 57.5 Å². The molecule has 34 heavy (non-hydrogen) atoms. The van der Waals surface area contributed by atoms with Gasteiger partial charge in [-0.25, -0.2) is 17.2 Å². The summed E-state index contributed by atoms with van der Waals surface area (Å²) in [5, 5.41) is 2.81. The summed E-state index contributed by atoms with van der Waals surface area (Å²) < 4.78 is 53.5. The molecule has 0 aromatic heterocycles. The molecule has 0 fully saturated rings. The van der Waals surface area contributed by atoms with E-state index in [0.717, 1.165) is 22.9 Å². The SMILES string of the molecule is C[C@@H](C(=O)NC(C)(C)C)N(Cc1ccc(Br)cc1)C(=O)CN(c1ccc(F)c(F)c1)S(C)(=O)=O. The van der Waals surface area contributed by atoms with Gasteiger partial charge in [-0.2, -0.15) is 0 Å². The van der Waals surface area contributed by atoms with Crippen LogP contribution in [0.5, 0.6) is 0 Å². The topological polar surface area (TPSA) is 86.8 Å². The van der Waals surface area contributed by atoms with Crippen LogP contribution in [0.4, 0.5) is 14.5 Å². The first kappa shape index (κ1) is 27.7. The number of anilines is 1. The lowest BCUT2D eigenvalue weighted by atomic mass is 10.1. The zero-order valence-electron chi connectivity index (χ0n) is 19.6. The number of hydrogen-bond donors (Lipinski definition) is 1. The van der Waals surface area contributed by atoms with Gasteiger partial charge in [0.2, 0.25) is 21.8 Å². The molecule has 0 saturated carbocycles. The lowest BCUT2D eigenvalue weighted by molar-refractivity contribution is -0.140. The summed E-state index contributed by atoms with van der Waals surface area (Å²) in [6.07, 6.45) is 0.857. The molecule has 0 radical (unpaired) electrons. The van der Waals surface area contributed by atoms with Crippen LogP contribution in [-0.4, -0.2) is 49.5 Å². The van der Waals surface area contributed by atoms with Crippen LogP contribution >= 0.6 is 15.9 Å². The second kappa shape index (κ2) is 10.8. The molecule has 2 amide bonds. The van der Waals surface area contributed by atoms with Gasteiger partial charge in [-0.3, -0.25) is 13.9 Å². The van der Waals surface area contributed by atoms with Crippen molar-refractivity contribution in [2.75, 3.05) is 17.1 Å². The van der Waals surface area contributed by atoms with E-state index < -0.39 is 51.6 Å². The number of halogens is 3. The number of carbonyl (C=O) groups is 2. The van der Waals surface area contributed by atoms with E-state index in [9.17, 15) is 26.8 Å². The number of hydrogen-bond acceptors (Lipinski definition) is 4. The summed E-state index contributed by atoms with van der Waals surface area (Å²) >= 11 is 3.34. The lowest BCUT2D eigenvalue weighted by Gasteiger charge is -2.33. The van der Waals surface area contributed by atoms with E-state index in [1.165, 1.54) is 4.90 Å². The van der Waals surface area contributed by atoms with Crippen LogP contribution in [0, 0.1) is 11.6 Å². The Balaban J connectivity index is 2.41. The van der Waals surface area contributed by atoms with Crippen molar-refractivity contribution in [3.8, 4) is 0 Å². The molecule has 2 rings (SSSR count). The molecule has 0 aliphatic rings. The smallest absolute Gasteiger partial charge is 0.244 e. The van der Waals surface area contributed by atoms with Crippen LogP contribution in [-0.2, 0) is 26.2 Å². The zero-order valence-corrected chi connectivity index (χ0v) is 22.0. The van der Waals surface area contributed by atoms with Gasteiger partial charge in [0.05, 0.1) is 11.9 Å². The fourth-order valence-corrected chi connectivity index (χ4v) is 4.20. The largest absolute Gasteiger partial charge is 0.350 e. The van der Waals surface area contributed by atoms with E-state index in [2.05, 4.69) is 21.2 Å². The first-order valence-electron chi connectivity index (χ1n) is 10.4. The van der Waals surface area contributed by atoms with Crippen molar-refractivity contribution in [2.45, 2.75) is 45.8 Å². The van der Waals surface area contributed by atoms with E-state index >= 15 is 0 Å². The molecule has 0 heterocycles. The lowest BCUT2D eigenvalue weighted by Crippen LogP contribution is -2.54. The van der Waals surface area contributed by atoms with Crippen LogP contribution in [0.25, 0.3) is 0 Å². The highest BCUT2D eigenvalue weighted by molar-refractivity contribution is 9.10. The van der Waals surface area contributed by atoms with Crippen LogP contribution < -0.4 is 9.62 Å². The molecular formula is C23H28BrF2N3O4S. The predicted molar refractivity (Wildman–Crippen MR) is 131 cm³/mol. The average molecular weight is 560 g/mol. The second-order valence-electron chi connectivity index (χ2n) is 8.93. The minimum absolute atomic E-state index is 0.0280. The number of benzene rings is 2. The molecule has 0 unspecified atom stereocenters. The fraction of sp³-hybridized carbons (Fsp3) is 0.391. The summed E-state index contributed by atoms with van der Waals surface area (Å²) in [4.78, 5) is 27.5. The molecule has 186 valence electrons. The molecular weight excluding hydrogens is 532 g/mol. The molecule has 0 bridgehead atoms. The number of amides is 2. The van der Waals surface area contributed by atoms with Gasteiger partial charge in [-0.1, -0.05) is 28.1 Å². The van der Waals surface area contributed by atoms with Gasteiger partial charge in [-0.15, -0.1) is 0 Å². The predicted octanol–water partition coefficient (Wildman–Crippen LogP) is 3.83. The van der Waals surface area contributed by atoms with Crippen LogP contribution in [0.1, 0.15) is 33.3 Å². The second-order valence-corrected chi connectivity index (χ2v) is 11.8. The number of nitrogens with zero attached hydrogens (tertiary/aromatic N) is 2. The highest BCUT2D eigenvalue weighted by atomic mass is 79.9. The van der Waals surface area contributed by atoms with E-state index in [0.29, 0.717) is 15.9 Å². The van der Waals surface area contributed by atoms with Gasteiger partial charge >= 0.3 is 0 Å². The van der Waals surface area contributed by atoms with Gasteiger partial charge in [0.1, 0.15) is 12.6 Å². The molecule has 2 aromatic rings. The molecule has 1 atom stereocenters. The summed E-state index contributed by atoms with van der Waals surface area (Å²) in [7, 11) is -4.04. The van der Waals surface area contributed by atoms with Gasteiger partial charge < -0.3 is 10.2 Å². The number of rotatable bonds is 8. The number of carbonyl (C=O) groups excluding carboxylic acids is 2. The minimum atomic E-state index is -4.04.